The van der Waals surface area contributed by atoms with Gasteiger partial charge < -0.3 is 4.42 Å². The highest BCUT2D eigenvalue weighted by Crippen LogP contribution is 2.64. The molecule has 0 saturated carbocycles. The monoisotopic (exact) mass is 658 g/mol. The lowest BCUT2D eigenvalue weighted by molar-refractivity contribution is 0.673. The SMILES string of the molecule is c1ccc(-c2ccc3c(c2)C2(c4ccccc4-c4ccccc42)c2c-3ccc3cc(-c4ccc5c(c4)oc4c6ccccc6ccc54)ccc23)cc1. The van der Waals surface area contributed by atoms with Crippen molar-refractivity contribution in [2.75, 3.05) is 0 Å². The summed E-state index contributed by atoms with van der Waals surface area (Å²) in [5, 5.41) is 7.19. The maximum atomic E-state index is 6.58. The minimum Gasteiger partial charge on any atom is -0.455 e. The van der Waals surface area contributed by atoms with Crippen LogP contribution in [-0.2, 0) is 5.41 Å². The number of hydrogen-bond acceptors (Lipinski definition) is 1. The van der Waals surface area contributed by atoms with Crippen LogP contribution in [0.4, 0.5) is 0 Å². The number of hydrogen-bond donors (Lipinski definition) is 0. The van der Waals surface area contributed by atoms with Crippen molar-refractivity contribution in [1.29, 1.82) is 0 Å². The number of fused-ring (bicyclic) bond motifs is 17. The van der Waals surface area contributed by atoms with E-state index in [2.05, 4.69) is 182 Å². The lowest BCUT2D eigenvalue weighted by Gasteiger charge is -2.31. The van der Waals surface area contributed by atoms with E-state index in [4.69, 9.17) is 4.42 Å². The van der Waals surface area contributed by atoms with Gasteiger partial charge in [0.15, 0.2) is 0 Å². The highest BCUT2D eigenvalue weighted by molar-refractivity contribution is 6.15. The molecule has 1 nitrogen and oxygen atoms in total. The van der Waals surface area contributed by atoms with Crippen LogP contribution in [0, 0.1) is 0 Å². The van der Waals surface area contributed by atoms with Crippen LogP contribution in [-0.4, -0.2) is 0 Å². The fourth-order valence-corrected chi connectivity index (χ4v) is 9.65. The third-order valence-corrected chi connectivity index (χ3v) is 11.9. The minimum atomic E-state index is -0.431. The van der Waals surface area contributed by atoms with Crippen LogP contribution in [0.5, 0.6) is 0 Å². The number of furan rings is 1. The first-order chi connectivity index (χ1) is 25.8. The average molecular weight is 659 g/mol. The van der Waals surface area contributed by atoms with Gasteiger partial charge in [-0.1, -0.05) is 152 Å². The Morgan fingerprint density at radius 2 is 0.923 bits per heavy atom. The van der Waals surface area contributed by atoms with Crippen LogP contribution in [0.3, 0.4) is 0 Å². The van der Waals surface area contributed by atoms with Gasteiger partial charge in [-0.25, -0.2) is 0 Å². The van der Waals surface area contributed by atoms with Gasteiger partial charge in [0.2, 0.25) is 0 Å². The van der Waals surface area contributed by atoms with Crippen LogP contribution >= 0.6 is 0 Å². The van der Waals surface area contributed by atoms with Crippen LogP contribution < -0.4 is 0 Å². The molecule has 0 aliphatic heterocycles. The first kappa shape index (κ1) is 28.0. The van der Waals surface area contributed by atoms with Crippen LogP contribution in [0.15, 0.2) is 186 Å². The topological polar surface area (TPSA) is 13.1 Å². The Hall–Kier alpha value is -6.70. The second-order valence-corrected chi connectivity index (χ2v) is 14.4. The normalized spacial score (nSPS) is 13.5. The van der Waals surface area contributed by atoms with E-state index in [1.807, 2.05) is 0 Å². The summed E-state index contributed by atoms with van der Waals surface area (Å²) in [5.74, 6) is 0. The fraction of sp³-hybridized carbons (Fsp3) is 0.0196. The van der Waals surface area contributed by atoms with Gasteiger partial charge in [-0.05, 0) is 113 Å². The van der Waals surface area contributed by atoms with Gasteiger partial charge in [0.1, 0.15) is 11.2 Å². The third kappa shape index (κ3) is 3.57. The molecule has 1 aromatic heterocycles. The second kappa shape index (κ2) is 10.2. The van der Waals surface area contributed by atoms with Crippen molar-refractivity contribution in [2.45, 2.75) is 5.41 Å². The highest BCUT2D eigenvalue weighted by atomic mass is 16.3. The van der Waals surface area contributed by atoms with Gasteiger partial charge in [0.25, 0.3) is 0 Å². The van der Waals surface area contributed by atoms with E-state index in [0.717, 1.165) is 32.9 Å². The molecule has 1 heterocycles. The molecular formula is C51H30O. The number of benzene rings is 9. The fourth-order valence-electron chi connectivity index (χ4n) is 9.65. The Morgan fingerprint density at radius 3 is 1.75 bits per heavy atom. The van der Waals surface area contributed by atoms with Crippen molar-refractivity contribution in [3.8, 4) is 44.5 Å². The molecule has 0 atom stereocenters. The van der Waals surface area contributed by atoms with E-state index in [1.54, 1.807) is 0 Å². The molecule has 0 bridgehead atoms. The smallest absolute Gasteiger partial charge is 0.143 e. The lowest BCUT2D eigenvalue weighted by atomic mass is 9.69. The first-order valence-corrected chi connectivity index (χ1v) is 18.1. The zero-order valence-corrected chi connectivity index (χ0v) is 28.2. The molecule has 2 aliphatic rings. The molecule has 240 valence electrons. The summed E-state index contributed by atoms with van der Waals surface area (Å²) in [5.41, 5.74) is 17.0. The molecule has 2 aliphatic carbocycles. The average Bonchev–Trinajstić information content (AvgIpc) is 3.84. The van der Waals surface area contributed by atoms with Gasteiger partial charge in [-0.15, -0.1) is 0 Å². The third-order valence-electron chi connectivity index (χ3n) is 11.9. The molecule has 9 aromatic carbocycles. The summed E-state index contributed by atoms with van der Waals surface area (Å²) in [6.07, 6.45) is 0. The quantitative estimate of drug-likeness (QED) is 0.180. The summed E-state index contributed by atoms with van der Waals surface area (Å²) < 4.78 is 6.58. The van der Waals surface area contributed by atoms with E-state index < -0.39 is 5.41 Å². The Bertz CT molecular complexity index is 3080. The summed E-state index contributed by atoms with van der Waals surface area (Å²) >= 11 is 0. The molecule has 0 unspecified atom stereocenters. The van der Waals surface area contributed by atoms with E-state index in [0.29, 0.717) is 0 Å². The van der Waals surface area contributed by atoms with Crippen molar-refractivity contribution in [2.24, 2.45) is 0 Å². The standard InChI is InChI=1S/C51H30O/c1-2-10-31(11-3-1)34-20-24-41-43-26-22-36-28-33(35-21-25-42-44-27-18-32-12-4-5-13-38(32)50(44)52-48(42)30-35)19-23-37(36)49(43)51(47(41)29-34)45-16-8-6-14-39(45)40-15-7-9-17-46(40)51/h1-30H. The maximum Gasteiger partial charge on any atom is 0.143 e. The molecule has 0 fully saturated rings. The number of rotatable bonds is 2. The molecule has 0 saturated heterocycles. The van der Waals surface area contributed by atoms with Crippen molar-refractivity contribution in [3.63, 3.8) is 0 Å². The molecule has 12 rings (SSSR count). The summed E-state index contributed by atoms with van der Waals surface area (Å²) in [4.78, 5) is 0. The predicted octanol–water partition coefficient (Wildman–Crippen LogP) is 13.6. The molecule has 1 heteroatoms. The van der Waals surface area contributed by atoms with Gasteiger partial charge in [0, 0.05) is 16.2 Å². The van der Waals surface area contributed by atoms with Crippen LogP contribution in [0.2, 0.25) is 0 Å². The van der Waals surface area contributed by atoms with E-state index in [-0.39, 0.29) is 0 Å². The van der Waals surface area contributed by atoms with Gasteiger partial charge in [0.05, 0.1) is 5.41 Å². The van der Waals surface area contributed by atoms with Crippen molar-refractivity contribution < 1.29 is 4.42 Å². The Morgan fingerprint density at radius 1 is 0.327 bits per heavy atom. The molecule has 52 heavy (non-hydrogen) atoms. The molecule has 0 N–H and O–H groups in total. The summed E-state index contributed by atoms with van der Waals surface area (Å²) in [6, 6.07) is 67.3. The summed E-state index contributed by atoms with van der Waals surface area (Å²) in [6.45, 7) is 0. The maximum absolute atomic E-state index is 6.58. The molecule has 1 spiro atoms. The summed E-state index contributed by atoms with van der Waals surface area (Å²) in [7, 11) is 0. The molecule has 10 aromatic rings. The van der Waals surface area contributed by atoms with Gasteiger partial charge in [-0.3, -0.25) is 0 Å². The van der Waals surface area contributed by atoms with E-state index in [1.165, 1.54) is 77.4 Å². The highest BCUT2D eigenvalue weighted by Gasteiger charge is 2.52. The molecule has 0 radical (unpaired) electrons. The van der Waals surface area contributed by atoms with Crippen molar-refractivity contribution in [3.05, 3.63) is 204 Å². The first-order valence-electron chi connectivity index (χ1n) is 18.1. The van der Waals surface area contributed by atoms with Crippen LogP contribution in [0.25, 0.3) is 88.0 Å². The van der Waals surface area contributed by atoms with Crippen LogP contribution in [0.1, 0.15) is 22.3 Å². The zero-order chi connectivity index (χ0) is 34.0. The minimum absolute atomic E-state index is 0.431. The lowest BCUT2D eigenvalue weighted by Crippen LogP contribution is -2.26. The largest absolute Gasteiger partial charge is 0.455 e. The second-order valence-electron chi connectivity index (χ2n) is 14.4. The molecular weight excluding hydrogens is 629 g/mol. The van der Waals surface area contributed by atoms with Gasteiger partial charge >= 0.3 is 0 Å². The Labute approximate surface area is 301 Å². The zero-order valence-electron chi connectivity index (χ0n) is 28.2. The van der Waals surface area contributed by atoms with Crippen molar-refractivity contribution in [1.82, 2.24) is 0 Å². The Kier molecular flexibility index (Phi) is 5.49. The van der Waals surface area contributed by atoms with E-state index >= 15 is 0 Å². The predicted molar refractivity (Wildman–Crippen MR) is 216 cm³/mol. The molecule has 0 amide bonds. The Balaban J connectivity index is 1.09. The van der Waals surface area contributed by atoms with Gasteiger partial charge in [-0.2, -0.15) is 0 Å². The van der Waals surface area contributed by atoms with Crippen molar-refractivity contribution >= 4 is 43.5 Å². The van der Waals surface area contributed by atoms with E-state index in [9.17, 15) is 0 Å².